The second kappa shape index (κ2) is 8.20. The van der Waals surface area contributed by atoms with Crippen molar-refractivity contribution in [1.29, 1.82) is 0 Å². The lowest BCUT2D eigenvalue weighted by molar-refractivity contribution is -0.140. The fraction of sp³-hybridized carbons (Fsp3) is 0.333. The summed E-state index contributed by atoms with van der Waals surface area (Å²) in [5, 5.41) is 11.3. The van der Waals surface area contributed by atoms with Gasteiger partial charge in [-0.3, -0.25) is 9.59 Å². The van der Waals surface area contributed by atoms with Crippen molar-refractivity contribution in [3.8, 4) is 0 Å². The molecule has 1 atom stereocenters. The molecule has 1 fully saturated rings. The average molecular weight is 404 g/mol. The normalized spacial score (nSPS) is 19.0. The van der Waals surface area contributed by atoms with Gasteiger partial charge < -0.3 is 19.2 Å². The number of hydrogen-bond donors (Lipinski definition) is 1. The van der Waals surface area contributed by atoms with Crippen LogP contribution >= 0.6 is 11.6 Å². The number of Topliss-reactive ketones (excluding diaryl/α,β-unsaturated/α-hetero) is 1. The molecule has 0 spiro atoms. The van der Waals surface area contributed by atoms with E-state index in [9.17, 15) is 14.7 Å². The topological polar surface area (TPSA) is 80.0 Å². The molecule has 0 bridgehead atoms. The van der Waals surface area contributed by atoms with Gasteiger partial charge in [0.25, 0.3) is 11.7 Å². The molecule has 1 aliphatic heterocycles. The van der Waals surface area contributed by atoms with Crippen LogP contribution in [0.2, 0.25) is 5.02 Å². The predicted octanol–water partition coefficient (Wildman–Crippen LogP) is 4.09. The number of aliphatic hydroxyl groups is 1. The molecule has 1 saturated heterocycles. The van der Waals surface area contributed by atoms with E-state index in [1.165, 1.54) is 11.0 Å². The lowest BCUT2D eigenvalue weighted by atomic mass is 9.99. The first kappa shape index (κ1) is 20.2. The SMILES string of the molecule is Cc1ccc(C2/C(=C(/O)c3cccc(Cl)c3)C(=O)C(=O)N2CCOC(C)C)o1. The van der Waals surface area contributed by atoms with Gasteiger partial charge in [-0.25, -0.2) is 0 Å². The molecule has 0 saturated carbocycles. The minimum absolute atomic E-state index is 0.00686. The number of hydrogen-bond acceptors (Lipinski definition) is 5. The Morgan fingerprint density at radius 2 is 2.04 bits per heavy atom. The molecule has 2 heterocycles. The molecule has 148 valence electrons. The molecule has 1 aliphatic rings. The fourth-order valence-electron chi connectivity index (χ4n) is 3.18. The number of nitrogens with zero attached hydrogens (tertiary/aromatic N) is 1. The van der Waals surface area contributed by atoms with Crippen LogP contribution in [0.1, 0.15) is 37.0 Å². The number of benzene rings is 1. The zero-order valence-electron chi connectivity index (χ0n) is 15.9. The van der Waals surface area contributed by atoms with Crippen molar-refractivity contribution in [1.82, 2.24) is 4.90 Å². The van der Waals surface area contributed by atoms with Gasteiger partial charge in [0, 0.05) is 17.1 Å². The van der Waals surface area contributed by atoms with Crippen LogP contribution in [0.5, 0.6) is 0 Å². The number of aliphatic hydroxyl groups excluding tert-OH is 1. The van der Waals surface area contributed by atoms with Gasteiger partial charge in [-0.05, 0) is 45.0 Å². The summed E-state index contributed by atoms with van der Waals surface area (Å²) < 4.78 is 11.2. The van der Waals surface area contributed by atoms with E-state index in [0.717, 1.165) is 0 Å². The number of furan rings is 1. The lowest BCUT2D eigenvalue weighted by Crippen LogP contribution is -2.33. The highest BCUT2D eigenvalue weighted by Crippen LogP contribution is 2.40. The van der Waals surface area contributed by atoms with Gasteiger partial charge in [0.1, 0.15) is 23.3 Å². The summed E-state index contributed by atoms with van der Waals surface area (Å²) in [5.41, 5.74) is 0.336. The van der Waals surface area contributed by atoms with Crippen molar-refractivity contribution >= 4 is 29.1 Å². The van der Waals surface area contributed by atoms with Crippen LogP contribution in [0, 0.1) is 6.92 Å². The maximum atomic E-state index is 12.8. The molecule has 1 aromatic heterocycles. The Morgan fingerprint density at radius 1 is 1.29 bits per heavy atom. The Kier molecular flexibility index (Phi) is 5.91. The van der Waals surface area contributed by atoms with Crippen molar-refractivity contribution in [2.45, 2.75) is 32.9 Å². The first-order chi connectivity index (χ1) is 13.3. The minimum atomic E-state index is -0.830. The summed E-state index contributed by atoms with van der Waals surface area (Å²) in [7, 11) is 0. The molecular formula is C21H22ClNO5. The third-order valence-corrected chi connectivity index (χ3v) is 4.69. The summed E-state index contributed by atoms with van der Waals surface area (Å²) in [6, 6.07) is 9.11. The number of ether oxygens (including phenoxy) is 1. The number of halogens is 1. The number of carbonyl (C=O) groups is 2. The van der Waals surface area contributed by atoms with E-state index in [0.29, 0.717) is 22.1 Å². The van der Waals surface area contributed by atoms with E-state index < -0.39 is 17.7 Å². The van der Waals surface area contributed by atoms with Crippen LogP contribution in [-0.2, 0) is 14.3 Å². The molecule has 1 unspecified atom stereocenters. The second-order valence-corrected chi connectivity index (χ2v) is 7.31. The van der Waals surface area contributed by atoms with E-state index in [1.54, 1.807) is 37.3 Å². The molecule has 2 aromatic rings. The number of likely N-dealkylation sites (tertiary alicyclic amines) is 1. The van der Waals surface area contributed by atoms with Crippen molar-refractivity contribution < 1.29 is 23.8 Å². The highest BCUT2D eigenvalue weighted by Gasteiger charge is 2.47. The Balaban J connectivity index is 2.07. The predicted molar refractivity (Wildman–Crippen MR) is 105 cm³/mol. The van der Waals surface area contributed by atoms with Crippen LogP contribution in [0.25, 0.3) is 5.76 Å². The van der Waals surface area contributed by atoms with Crippen molar-refractivity contribution in [3.63, 3.8) is 0 Å². The van der Waals surface area contributed by atoms with Gasteiger partial charge in [-0.2, -0.15) is 0 Å². The van der Waals surface area contributed by atoms with Gasteiger partial charge in [0.2, 0.25) is 0 Å². The molecule has 6 nitrogen and oxygen atoms in total. The first-order valence-electron chi connectivity index (χ1n) is 9.02. The summed E-state index contributed by atoms with van der Waals surface area (Å²) in [6.45, 7) is 6.01. The average Bonchev–Trinajstić information content (AvgIpc) is 3.17. The number of carbonyl (C=O) groups excluding carboxylic acids is 2. The molecule has 7 heteroatoms. The van der Waals surface area contributed by atoms with Crippen LogP contribution in [0.3, 0.4) is 0 Å². The first-order valence-corrected chi connectivity index (χ1v) is 9.39. The minimum Gasteiger partial charge on any atom is -0.507 e. The summed E-state index contributed by atoms with van der Waals surface area (Å²) in [5.74, 6) is -0.699. The van der Waals surface area contributed by atoms with E-state index in [-0.39, 0.29) is 30.6 Å². The number of aryl methyl sites for hydroxylation is 1. The standard InChI is InChI=1S/C21H22ClNO5/c1-12(2)27-10-9-23-18(16-8-7-13(3)28-16)17(20(25)21(23)26)19(24)14-5-4-6-15(22)11-14/h4-8,11-12,18,24H,9-10H2,1-3H3/b19-17-. The maximum Gasteiger partial charge on any atom is 0.295 e. The van der Waals surface area contributed by atoms with Crippen molar-refractivity contribution in [2.24, 2.45) is 0 Å². The molecule has 28 heavy (non-hydrogen) atoms. The summed E-state index contributed by atoms with van der Waals surface area (Å²) in [4.78, 5) is 26.8. The Bertz CT molecular complexity index is 930. The zero-order valence-corrected chi connectivity index (χ0v) is 16.7. The molecule has 3 rings (SSSR count). The van der Waals surface area contributed by atoms with Gasteiger partial charge in [0.15, 0.2) is 0 Å². The van der Waals surface area contributed by atoms with Crippen molar-refractivity contribution in [2.75, 3.05) is 13.2 Å². The summed E-state index contributed by atoms with van der Waals surface area (Å²) in [6.07, 6.45) is -0.00686. The van der Waals surface area contributed by atoms with Crippen LogP contribution < -0.4 is 0 Å². The van der Waals surface area contributed by atoms with E-state index in [1.807, 2.05) is 13.8 Å². The maximum absolute atomic E-state index is 12.8. The second-order valence-electron chi connectivity index (χ2n) is 6.87. The summed E-state index contributed by atoms with van der Waals surface area (Å²) >= 11 is 6.01. The smallest absolute Gasteiger partial charge is 0.295 e. The Morgan fingerprint density at radius 3 is 2.64 bits per heavy atom. The van der Waals surface area contributed by atoms with E-state index in [2.05, 4.69) is 0 Å². The zero-order chi connectivity index (χ0) is 20.4. The highest BCUT2D eigenvalue weighted by molar-refractivity contribution is 6.46. The largest absolute Gasteiger partial charge is 0.507 e. The van der Waals surface area contributed by atoms with Crippen molar-refractivity contribution in [3.05, 3.63) is 64.1 Å². The van der Waals surface area contributed by atoms with Gasteiger partial charge in [-0.15, -0.1) is 0 Å². The van der Waals surface area contributed by atoms with Crippen LogP contribution in [-0.4, -0.2) is 41.0 Å². The van der Waals surface area contributed by atoms with Gasteiger partial charge >= 0.3 is 0 Å². The molecule has 1 aromatic carbocycles. The highest BCUT2D eigenvalue weighted by atomic mass is 35.5. The Labute approximate surface area is 168 Å². The monoisotopic (exact) mass is 403 g/mol. The third kappa shape index (κ3) is 3.98. The van der Waals surface area contributed by atoms with Gasteiger partial charge in [0.05, 0.1) is 18.3 Å². The van der Waals surface area contributed by atoms with Crippen LogP contribution in [0.4, 0.5) is 0 Å². The number of ketones is 1. The van der Waals surface area contributed by atoms with E-state index >= 15 is 0 Å². The molecule has 1 N–H and O–H groups in total. The third-order valence-electron chi connectivity index (χ3n) is 4.45. The van der Waals surface area contributed by atoms with Crippen LogP contribution in [0.15, 0.2) is 46.4 Å². The lowest BCUT2D eigenvalue weighted by Gasteiger charge is -2.23. The Hall–Kier alpha value is -2.57. The molecule has 0 radical (unpaired) electrons. The molecule has 0 aliphatic carbocycles. The van der Waals surface area contributed by atoms with Gasteiger partial charge in [-0.1, -0.05) is 23.7 Å². The molecule has 1 amide bonds. The molecular weight excluding hydrogens is 382 g/mol. The quantitative estimate of drug-likeness (QED) is 0.446. The van der Waals surface area contributed by atoms with E-state index in [4.69, 9.17) is 20.8 Å². The number of rotatable bonds is 6. The number of amides is 1. The fourth-order valence-corrected chi connectivity index (χ4v) is 3.38.